The molecule has 4 saturated carbocycles. The van der Waals surface area contributed by atoms with E-state index in [0.29, 0.717) is 17.3 Å². The van der Waals surface area contributed by atoms with Gasteiger partial charge in [-0.2, -0.15) is 0 Å². The van der Waals surface area contributed by atoms with Crippen molar-refractivity contribution in [1.82, 2.24) is 0 Å². The summed E-state index contributed by atoms with van der Waals surface area (Å²) < 4.78 is 0. The first-order valence-electron chi connectivity index (χ1n) is 8.69. The maximum absolute atomic E-state index is 11.0. The molecule has 0 saturated heterocycles. The van der Waals surface area contributed by atoms with Gasteiger partial charge in [-0.25, -0.2) is 0 Å². The summed E-state index contributed by atoms with van der Waals surface area (Å²) >= 11 is 0. The summed E-state index contributed by atoms with van der Waals surface area (Å²) in [4.78, 5) is 16.2. The molecule has 4 rings (SSSR count). The van der Waals surface area contributed by atoms with Crippen LogP contribution in [0.4, 0.5) is 0 Å². The van der Waals surface area contributed by atoms with E-state index in [0.717, 1.165) is 32.2 Å². The zero-order valence-electron chi connectivity index (χ0n) is 14.2. The van der Waals surface area contributed by atoms with Gasteiger partial charge in [-0.15, -0.1) is 10.1 Å². The Kier molecular flexibility index (Phi) is 3.52. The number of hydrogen-bond donors (Lipinski definition) is 1. The first-order valence-corrected chi connectivity index (χ1v) is 8.69. The van der Waals surface area contributed by atoms with Crippen LogP contribution in [0.3, 0.4) is 0 Å². The molecule has 5 nitrogen and oxygen atoms in total. The van der Waals surface area contributed by atoms with Crippen molar-refractivity contribution in [3.8, 4) is 0 Å². The number of rotatable bonds is 6. The smallest absolute Gasteiger partial charge is 0.294 e. The summed E-state index contributed by atoms with van der Waals surface area (Å²) in [6.45, 7) is 7.52. The highest BCUT2D eigenvalue weighted by atomic mass is 17.0. The molecule has 4 bridgehead atoms. The predicted molar refractivity (Wildman–Crippen MR) is 84.6 cm³/mol. The summed E-state index contributed by atoms with van der Waals surface area (Å²) in [5, 5.41) is 10.4. The van der Waals surface area contributed by atoms with Crippen LogP contribution in [0, 0.1) is 31.8 Å². The van der Waals surface area contributed by atoms with Crippen LogP contribution in [0.25, 0.3) is 0 Å². The Bertz CT molecular complexity index is 461. The minimum atomic E-state index is -0.576. The van der Waals surface area contributed by atoms with Crippen LogP contribution < -0.4 is 5.73 Å². The van der Waals surface area contributed by atoms with Gasteiger partial charge in [0, 0.05) is 0 Å². The topological polar surface area (TPSA) is 78.4 Å². The SMILES string of the molecule is CCC(O[N+](=O)[O-])C12CC3(CCN)C[C@@](C)(C1)C[C@](C)(C3)C2. The third-order valence-electron chi connectivity index (χ3n) is 6.68. The molecule has 0 amide bonds. The molecule has 0 spiro atoms. The Morgan fingerprint density at radius 3 is 2.18 bits per heavy atom. The van der Waals surface area contributed by atoms with Gasteiger partial charge < -0.3 is 10.6 Å². The molecule has 0 aliphatic heterocycles. The van der Waals surface area contributed by atoms with Crippen molar-refractivity contribution in [2.75, 3.05) is 6.54 Å². The molecule has 4 aliphatic rings. The first-order chi connectivity index (χ1) is 10.2. The Morgan fingerprint density at radius 1 is 1.14 bits per heavy atom. The summed E-state index contributed by atoms with van der Waals surface area (Å²) in [5.74, 6) is 0. The third-order valence-corrected chi connectivity index (χ3v) is 6.68. The van der Waals surface area contributed by atoms with Crippen molar-refractivity contribution >= 4 is 0 Å². The van der Waals surface area contributed by atoms with Gasteiger partial charge in [0.1, 0.15) is 6.10 Å². The van der Waals surface area contributed by atoms with Crippen molar-refractivity contribution in [2.45, 2.75) is 78.2 Å². The van der Waals surface area contributed by atoms with Crippen LogP contribution in [0.15, 0.2) is 0 Å². The highest BCUT2D eigenvalue weighted by Gasteiger charge is 2.67. The Hall–Kier alpha value is -0.840. The van der Waals surface area contributed by atoms with E-state index < -0.39 is 5.09 Å². The number of hydrogen-bond acceptors (Lipinski definition) is 4. The molecular formula is C17H30N2O3. The van der Waals surface area contributed by atoms with E-state index in [9.17, 15) is 10.1 Å². The van der Waals surface area contributed by atoms with Crippen LogP contribution in [-0.4, -0.2) is 17.7 Å². The van der Waals surface area contributed by atoms with Crippen LogP contribution in [0.2, 0.25) is 0 Å². The van der Waals surface area contributed by atoms with E-state index in [1.54, 1.807) is 0 Å². The van der Waals surface area contributed by atoms with Gasteiger partial charge in [0.25, 0.3) is 5.09 Å². The monoisotopic (exact) mass is 310 g/mol. The third kappa shape index (κ3) is 2.41. The second-order valence-electron chi connectivity index (χ2n) is 9.31. The molecule has 0 heterocycles. The second-order valence-corrected chi connectivity index (χ2v) is 9.31. The van der Waals surface area contributed by atoms with E-state index in [2.05, 4.69) is 13.8 Å². The van der Waals surface area contributed by atoms with Crippen molar-refractivity contribution in [1.29, 1.82) is 0 Å². The van der Waals surface area contributed by atoms with E-state index in [1.807, 2.05) is 6.92 Å². The molecule has 22 heavy (non-hydrogen) atoms. The zero-order chi connectivity index (χ0) is 16.2. The molecule has 2 N–H and O–H groups in total. The molecular weight excluding hydrogens is 280 g/mol. The van der Waals surface area contributed by atoms with Gasteiger partial charge in [0.2, 0.25) is 0 Å². The molecule has 126 valence electrons. The maximum Gasteiger partial charge on any atom is 0.294 e. The summed E-state index contributed by atoms with van der Waals surface area (Å²) in [6.07, 6.45) is 8.45. The van der Waals surface area contributed by atoms with Crippen LogP contribution >= 0.6 is 0 Å². The summed E-state index contributed by atoms with van der Waals surface area (Å²) in [5.41, 5.74) is 6.77. The van der Waals surface area contributed by atoms with Gasteiger partial charge in [0.05, 0.1) is 0 Å². The normalized spacial score (nSPS) is 47.5. The Balaban J connectivity index is 1.99. The summed E-state index contributed by atoms with van der Waals surface area (Å²) in [6, 6.07) is 0. The molecule has 4 aliphatic carbocycles. The van der Waals surface area contributed by atoms with Crippen LogP contribution in [0.5, 0.6) is 0 Å². The van der Waals surface area contributed by atoms with Crippen molar-refractivity contribution in [3.63, 3.8) is 0 Å². The average Bonchev–Trinajstić information content (AvgIpc) is 2.30. The molecule has 5 atom stereocenters. The zero-order valence-corrected chi connectivity index (χ0v) is 14.2. The number of nitrogens with zero attached hydrogens (tertiary/aromatic N) is 1. The number of nitrogens with two attached hydrogens (primary N) is 1. The maximum atomic E-state index is 11.0. The lowest BCUT2D eigenvalue weighted by molar-refractivity contribution is -0.774. The molecule has 0 aromatic heterocycles. The fourth-order valence-electron chi connectivity index (χ4n) is 7.67. The lowest BCUT2D eigenvalue weighted by Gasteiger charge is -2.71. The van der Waals surface area contributed by atoms with Gasteiger partial charge >= 0.3 is 0 Å². The van der Waals surface area contributed by atoms with E-state index in [4.69, 9.17) is 10.6 Å². The van der Waals surface area contributed by atoms with Crippen molar-refractivity contribution < 1.29 is 9.92 Å². The van der Waals surface area contributed by atoms with Crippen LogP contribution in [-0.2, 0) is 4.84 Å². The largest absolute Gasteiger partial charge is 0.330 e. The van der Waals surface area contributed by atoms with E-state index in [-0.39, 0.29) is 16.9 Å². The lowest BCUT2D eigenvalue weighted by Crippen LogP contribution is -2.63. The minimum absolute atomic E-state index is 0.0325. The Labute approximate surface area is 133 Å². The van der Waals surface area contributed by atoms with Crippen molar-refractivity contribution in [3.05, 3.63) is 10.1 Å². The lowest BCUT2D eigenvalue weighted by atomic mass is 9.34. The Morgan fingerprint density at radius 2 is 1.73 bits per heavy atom. The van der Waals surface area contributed by atoms with Gasteiger partial charge in [-0.05, 0) is 79.6 Å². The quantitative estimate of drug-likeness (QED) is 0.599. The second kappa shape index (κ2) is 4.83. The minimum Gasteiger partial charge on any atom is -0.330 e. The van der Waals surface area contributed by atoms with Gasteiger partial charge in [0.15, 0.2) is 0 Å². The molecule has 4 fully saturated rings. The standard InChI is InChI=1S/C17H30N2O3/c1-4-13(22-19(20)21)17-10-14(2)7-15(3,11-17)9-16(8-14,12-17)5-6-18/h13H,4-12,18H2,1-3H3/t13?,14-,15+,16?,17?. The van der Waals surface area contributed by atoms with Crippen molar-refractivity contribution in [2.24, 2.45) is 27.4 Å². The fraction of sp³-hybridized carbons (Fsp3) is 1.00. The fourth-order valence-corrected chi connectivity index (χ4v) is 7.67. The first kappa shape index (κ1) is 16.0. The van der Waals surface area contributed by atoms with Gasteiger partial charge in [-0.3, -0.25) is 0 Å². The van der Waals surface area contributed by atoms with Gasteiger partial charge in [-0.1, -0.05) is 20.8 Å². The molecule has 0 aromatic carbocycles. The highest BCUT2D eigenvalue weighted by Crippen LogP contribution is 2.75. The van der Waals surface area contributed by atoms with E-state index >= 15 is 0 Å². The van der Waals surface area contributed by atoms with Crippen LogP contribution in [0.1, 0.15) is 72.1 Å². The molecule has 3 unspecified atom stereocenters. The summed E-state index contributed by atoms with van der Waals surface area (Å²) in [7, 11) is 0. The molecule has 0 aromatic rings. The predicted octanol–water partition coefficient (Wildman–Crippen LogP) is 3.69. The van der Waals surface area contributed by atoms with E-state index in [1.165, 1.54) is 19.3 Å². The molecule has 5 heteroatoms. The molecule has 0 radical (unpaired) electrons. The average molecular weight is 310 g/mol. The highest BCUT2D eigenvalue weighted by molar-refractivity contribution is 5.16.